The summed E-state index contributed by atoms with van der Waals surface area (Å²) < 4.78 is 17.1. The summed E-state index contributed by atoms with van der Waals surface area (Å²) in [6.07, 6.45) is -0.705. The Morgan fingerprint density at radius 1 is 1.32 bits per heavy atom. The van der Waals surface area contributed by atoms with Gasteiger partial charge in [0.2, 0.25) is 6.41 Å². The summed E-state index contributed by atoms with van der Waals surface area (Å²) in [5.41, 5.74) is 0.956. The minimum Gasteiger partial charge on any atom is -0.394 e. The molecule has 2 amide bonds. The van der Waals surface area contributed by atoms with Gasteiger partial charge in [-0.15, -0.1) is 0 Å². The van der Waals surface area contributed by atoms with Crippen LogP contribution in [-0.4, -0.2) is 60.9 Å². The molecule has 2 aliphatic heterocycles. The SMILES string of the molecule is C=C(C)CN/C(=C/NC=O)C(=O)NC1OC(CO)C2OC(C)(C)OC12. The third-order valence-corrected chi connectivity index (χ3v) is 3.72. The molecule has 0 radical (unpaired) electrons. The fourth-order valence-electron chi connectivity index (χ4n) is 2.71. The Hall–Kier alpha value is -1.94. The van der Waals surface area contributed by atoms with Crippen molar-refractivity contribution < 1.29 is 28.9 Å². The molecule has 4 unspecified atom stereocenters. The molecule has 25 heavy (non-hydrogen) atoms. The van der Waals surface area contributed by atoms with Gasteiger partial charge in [-0.05, 0) is 20.8 Å². The van der Waals surface area contributed by atoms with Crippen molar-refractivity contribution in [3.05, 3.63) is 24.0 Å². The highest BCUT2D eigenvalue weighted by Crippen LogP contribution is 2.37. The van der Waals surface area contributed by atoms with Crippen LogP contribution in [0.1, 0.15) is 20.8 Å². The second-order valence-corrected chi connectivity index (χ2v) is 6.47. The topological polar surface area (TPSA) is 118 Å². The first kappa shape index (κ1) is 19.4. The summed E-state index contributed by atoms with van der Waals surface area (Å²) in [6, 6.07) is 0. The zero-order valence-electron chi connectivity index (χ0n) is 14.6. The van der Waals surface area contributed by atoms with Crippen molar-refractivity contribution in [2.24, 2.45) is 0 Å². The number of carbonyl (C=O) groups is 2. The second-order valence-electron chi connectivity index (χ2n) is 6.47. The maximum Gasteiger partial charge on any atom is 0.270 e. The molecule has 0 aliphatic carbocycles. The van der Waals surface area contributed by atoms with Crippen LogP contribution >= 0.6 is 0 Å². The van der Waals surface area contributed by atoms with Crippen LogP contribution in [0.5, 0.6) is 0 Å². The monoisotopic (exact) mass is 355 g/mol. The van der Waals surface area contributed by atoms with E-state index in [4.69, 9.17) is 14.2 Å². The molecule has 140 valence electrons. The molecule has 9 heteroatoms. The number of nitrogens with one attached hydrogen (secondary N) is 3. The summed E-state index contributed by atoms with van der Waals surface area (Å²) in [5, 5.41) is 17.3. The molecule has 2 fully saturated rings. The lowest BCUT2D eigenvalue weighted by Gasteiger charge is -2.24. The van der Waals surface area contributed by atoms with E-state index < -0.39 is 36.2 Å². The molecular formula is C16H25N3O6. The van der Waals surface area contributed by atoms with E-state index in [-0.39, 0.29) is 12.3 Å². The molecule has 2 rings (SSSR count). The molecule has 0 aromatic carbocycles. The van der Waals surface area contributed by atoms with Crippen LogP contribution in [0.3, 0.4) is 0 Å². The predicted octanol–water partition coefficient (Wildman–Crippen LogP) is -0.907. The number of aliphatic hydroxyl groups excluding tert-OH is 1. The standard InChI is InChI=1S/C16H25N3O6/c1-9(2)5-18-10(6-17-8-21)14(22)19-15-13-12(11(7-20)23-15)24-16(3,4)25-13/h6,8,11-13,15,18,20H,1,5,7H2,2-4H3,(H,17,21)(H,19,22)/b10-6+. The van der Waals surface area contributed by atoms with E-state index in [1.165, 1.54) is 6.20 Å². The van der Waals surface area contributed by atoms with E-state index in [0.717, 1.165) is 5.57 Å². The first-order valence-corrected chi connectivity index (χ1v) is 7.98. The van der Waals surface area contributed by atoms with Crippen molar-refractivity contribution in [2.45, 2.75) is 51.1 Å². The molecule has 0 aromatic rings. The fraction of sp³-hybridized carbons (Fsp3) is 0.625. The Morgan fingerprint density at radius 3 is 2.60 bits per heavy atom. The van der Waals surface area contributed by atoms with Crippen molar-refractivity contribution in [3.63, 3.8) is 0 Å². The largest absolute Gasteiger partial charge is 0.394 e. The molecule has 4 atom stereocenters. The molecule has 2 heterocycles. The van der Waals surface area contributed by atoms with Gasteiger partial charge in [-0.2, -0.15) is 0 Å². The number of amides is 2. The molecule has 0 bridgehead atoms. The number of hydrogen-bond donors (Lipinski definition) is 4. The third kappa shape index (κ3) is 4.79. The molecule has 2 saturated heterocycles. The maximum absolute atomic E-state index is 12.5. The van der Waals surface area contributed by atoms with Crippen LogP contribution < -0.4 is 16.0 Å². The van der Waals surface area contributed by atoms with Gasteiger partial charge in [0, 0.05) is 12.7 Å². The van der Waals surface area contributed by atoms with Gasteiger partial charge in [-0.3, -0.25) is 9.59 Å². The average molecular weight is 355 g/mol. The van der Waals surface area contributed by atoms with Gasteiger partial charge in [0.25, 0.3) is 5.91 Å². The van der Waals surface area contributed by atoms with Crippen molar-refractivity contribution in [3.8, 4) is 0 Å². The molecular weight excluding hydrogens is 330 g/mol. The molecule has 0 aromatic heterocycles. The Balaban J connectivity index is 2.06. The lowest BCUT2D eigenvalue weighted by atomic mass is 10.1. The molecule has 0 spiro atoms. The molecule has 4 N–H and O–H groups in total. The van der Waals surface area contributed by atoms with Gasteiger partial charge in [0.05, 0.1) is 6.61 Å². The van der Waals surface area contributed by atoms with E-state index in [1.807, 2.05) is 0 Å². The van der Waals surface area contributed by atoms with Crippen molar-refractivity contribution in [2.75, 3.05) is 13.2 Å². The van der Waals surface area contributed by atoms with Crippen LogP contribution in [0.15, 0.2) is 24.0 Å². The molecule has 0 saturated carbocycles. The van der Waals surface area contributed by atoms with E-state index in [0.29, 0.717) is 13.0 Å². The van der Waals surface area contributed by atoms with E-state index >= 15 is 0 Å². The minimum absolute atomic E-state index is 0.140. The number of aliphatic hydroxyl groups is 1. The predicted molar refractivity (Wildman–Crippen MR) is 87.8 cm³/mol. The van der Waals surface area contributed by atoms with Gasteiger partial charge in [0.15, 0.2) is 12.0 Å². The minimum atomic E-state index is -0.828. The van der Waals surface area contributed by atoms with Gasteiger partial charge in [0.1, 0.15) is 24.0 Å². The number of carbonyl (C=O) groups excluding carboxylic acids is 2. The normalized spacial score (nSPS) is 30.5. The average Bonchev–Trinajstić information content (AvgIpc) is 3.00. The molecule has 9 nitrogen and oxygen atoms in total. The van der Waals surface area contributed by atoms with Gasteiger partial charge in [-0.25, -0.2) is 0 Å². The first-order valence-electron chi connectivity index (χ1n) is 7.98. The van der Waals surface area contributed by atoms with Crippen molar-refractivity contribution in [1.82, 2.24) is 16.0 Å². The highest BCUT2D eigenvalue weighted by molar-refractivity contribution is 5.93. The van der Waals surface area contributed by atoms with Crippen LogP contribution in [0.4, 0.5) is 0 Å². The Labute approximate surface area is 146 Å². The molecule has 2 aliphatic rings. The van der Waals surface area contributed by atoms with Crippen LogP contribution in [-0.2, 0) is 23.8 Å². The highest BCUT2D eigenvalue weighted by atomic mass is 16.8. The van der Waals surface area contributed by atoms with Gasteiger partial charge < -0.3 is 35.3 Å². The van der Waals surface area contributed by atoms with Crippen molar-refractivity contribution >= 4 is 12.3 Å². The number of hydrogen-bond acceptors (Lipinski definition) is 7. The van der Waals surface area contributed by atoms with E-state index in [2.05, 4.69) is 22.5 Å². The summed E-state index contributed by atoms with van der Waals surface area (Å²) in [7, 11) is 0. The summed E-state index contributed by atoms with van der Waals surface area (Å²) >= 11 is 0. The number of fused-ring (bicyclic) bond motifs is 1. The number of ether oxygens (including phenoxy) is 3. The summed E-state index contributed by atoms with van der Waals surface area (Å²) in [6.45, 7) is 9.18. The zero-order valence-corrected chi connectivity index (χ0v) is 14.6. The van der Waals surface area contributed by atoms with Crippen LogP contribution in [0.2, 0.25) is 0 Å². The van der Waals surface area contributed by atoms with Gasteiger partial charge in [-0.1, -0.05) is 12.2 Å². The first-order chi connectivity index (χ1) is 11.8. The Morgan fingerprint density at radius 2 is 2.00 bits per heavy atom. The van der Waals surface area contributed by atoms with Crippen LogP contribution in [0, 0.1) is 0 Å². The highest BCUT2D eigenvalue weighted by Gasteiger charge is 2.55. The summed E-state index contributed by atoms with van der Waals surface area (Å²) in [5.74, 6) is -1.32. The lowest BCUT2D eigenvalue weighted by molar-refractivity contribution is -0.194. The quantitative estimate of drug-likeness (QED) is 0.253. The summed E-state index contributed by atoms with van der Waals surface area (Å²) in [4.78, 5) is 23.0. The third-order valence-electron chi connectivity index (χ3n) is 3.72. The number of rotatable bonds is 8. The lowest BCUT2D eigenvalue weighted by Crippen LogP contribution is -2.46. The van der Waals surface area contributed by atoms with Crippen molar-refractivity contribution in [1.29, 1.82) is 0 Å². The van der Waals surface area contributed by atoms with E-state index in [1.54, 1.807) is 20.8 Å². The van der Waals surface area contributed by atoms with E-state index in [9.17, 15) is 14.7 Å². The van der Waals surface area contributed by atoms with Crippen LogP contribution in [0.25, 0.3) is 0 Å². The fourth-order valence-corrected chi connectivity index (χ4v) is 2.71. The second kappa shape index (κ2) is 7.96. The maximum atomic E-state index is 12.5. The Kier molecular flexibility index (Phi) is 6.17. The zero-order chi connectivity index (χ0) is 18.6. The Bertz CT molecular complexity index is 562. The van der Waals surface area contributed by atoms with Gasteiger partial charge >= 0.3 is 0 Å². The smallest absolute Gasteiger partial charge is 0.270 e.